The first-order chi connectivity index (χ1) is 7.70. The first-order valence-electron chi connectivity index (χ1n) is 6.24. The number of carbonyl (C=O) groups is 1. The van der Waals surface area contributed by atoms with Crippen LogP contribution in [0, 0.1) is 0 Å². The fraction of sp³-hybridized carbons (Fsp3) is 0.533. The largest absolute Gasteiger partial charge is 0.300 e. The zero-order chi connectivity index (χ0) is 13.0. The van der Waals surface area contributed by atoms with Gasteiger partial charge in [0.2, 0.25) is 0 Å². The van der Waals surface area contributed by atoms with Gasteiger partial charge in [0, 0.05) is 6.42 Å². The van der Waals surface area contributed by atoms with Crippen LogP contribution in [-0.4, -0.2) is 5.78 Å². The molecule has 0 saturated heterocycles. The second-order valence-corrected chi connectivity index (χ2v) is 3.22. The first kappa shape index (κ1) is 17.3. The van der Waals surface area contributed by atoms with E-state index in [0.29, 0.717) is 12.3 Å². The van der Waals surface area contributed by atoms with Crippen LogP contribution in [0.25, 0.3) is 0 Å². The van der Waals surface area contributed by atoms with E-state index in [1.807, 2.05) is 45.9 Å². The highest BCUT2D eigenvalue weighted by atomic mass is 16.1. The molecule has 0 aliphatic carbocycles. The lowest BCUT2D eigenvalue weighted by molar-refractivity contribution is -0.117. The van der Waals surface area contributed by atoms with E-state index in [1.54, 1.807) is 6.92 Å². The van der Waals surface area contributed by atoms with Gasteiger partial charge >= 0.3 is 0 Å². The van der Waals surface area contributed by atoms with Gasteiger partial charge in [-0.1, -0.05) is 65.0 Å². The molecule has 1 unspecified atom stereocenters. The summed E-state index contributed by atoms with van der Waals surface area (Å²) in [7, 11) is 0. The molecule has 1 atom stereocenters. The van der Waals surface area contributed by atoms with Gasteiger partial charge in [0.25, 0.3) is 0 Å². The Balaban J connectivity index is 0. The first-order valence-corrected chi connectivity index (χ1v) is 6.24. The smallest absolute Gasteiger partial charge is 0.130 e. The maximum Gasteiger partial charge on any atom is 0.130 e. The Labute approximate surface area is 101 Å². The van der Waals surface area contributed by atoms with Gasteiger partial charge in [-0.2, -0.15) is 0 Å². The third-order valence-corrected chi connectivity index (χ3v) is 1.96. The molecule has 1 aromatic carbocycles. The predicted octanol–water partition coefficient (Wildman–Crippen LogP) is 4.82. The van der Waals surface area contributed by atoms with Crippen molar-refractivity contribution in [1.82, 2.24) is 0 Å². The van der Waals surface area contributed by atoms with E-state index >= 15 is 0 Å². The summed E-state index contributed by atoms with van der Waals surface area (Å²) in [4.78, 5) is 10.8. The lowest BCUT2D eigenvalue weighted by atomic mass is 9.96. The molecule has 92 valence electrons. The van der Waals surface area contributed by atoms with Crippen LogP contribution in [0.1, 0.15) is 59.4 Å². The standard InChI is InChI=1S/C11H14O.2C2H6/c1-9(8-10(2)12)11-6-4-3-5-7-11;2*1-2/h3-7,9H,8H2,1-2H3;2*1-2H3. The SMILES string of the molecule is CC.CC.CC(=O)CC(C)c1ccccc1. The van der Waals surface area contributed by atoms with Gasteiger partial charge in [-0.25, -0.2) is 0 Å². The molecule has 0 aliphatic rings. The average Bonchev–Trinajstić information content (AvgIpc) is 2.34. The van der Waals surface area contributed by atoms with Crippen molar-refractivity contribution in [3.05, 3.63) is 35.9 Å². The third kappa shape index (κ3) is 8.22. The number of rotatable bonds is 3. The number of ketones is 1. The molecule has 1 rings (SSSR count). The van der Waals surface area contributed by atoms with Crippen molar-refractivity contribution < 1.29 is 4.79 Å². The predicted molar refractivity (Wildman–Crippen MR) is 72.9 cm³/mol. The molecule has 1 aromatic rings. The summed E-state index contributed by atoms with van der Waals surface area (Å²) in [5.74, 6) is 0.607. The molecule has 0 aliphatic heterocycles. The Kier molecular flexibility index (Phi) is 12.9. The Morgan fingerprint density at radius 1 is 1.06 bits per heavy atom. The van der Waals surface area contributed by atoms with Crippen LogP contribution < -0.4 is 0 Å². The highest BCUT2D eigenvalue weighted by molar-refractivity contribution is 5.76. The van der Waals surface area contributed by atoms with Crippen LogP contribution in [0.2, 0.25) is 0 Å². The molecule has 0 N–H and O–H groups in total. The molecule has 1 heteroatoms. The van der Waals surface area contributed by atoms with Crippen LogP contribution in [0.3, 0.4) is 0 Å². The molecule has 0 fully saturated rings. The topological polar surface area (TPSA) is 17.1 Å². The van der Waals surface area contributed by atoms with Crippen molar-refractivity contribution in [3.8, 4) is 0 Å². The van der Waals surface area contributed by atoms with Gasteiger partial charge in [0.05, 0.1) is 0 Å². The molecule has 16 heavy (non-hydrogen) atoms. The van der Waals surface area contributed by atoms with Crippen LogP contribution in [0.5, 0.6) is 0 Å². The highest BCUT2D eigenvalue weighted by Crippen LogP contribution is 2.18. The molecule has 0 amide bonds. The van der Waals surface area contributed by atoms with E-state index in [-0.39, 0.29) is 5.78 Å². The number of hydrogen-bond donors (Lipinski definition) is 0. The van der Waals surface area contributed by atoms with Crippen LogP contribution in [0.4, 0.5) is 0 Å². The molecule has 0 radical (unpaired) electrons. The van der Waals surface area contributed by atoms with Gasteiger partial charge in [-0.15, -0.1) is 0 Å². The second-order valence-electron chi connectivity index (χ2n) is 3.22. The maximum atomic E-state index is 10.8. The lowest BCUT2D eigenvalue weighted by Crippen LogP contribution is -1.99. The van der Waals surface area contributed by atoms with Gasteiger partial charge in [-0.3, -0.25) is 0 Å². The van der Waals surface area contributed by atoms with E-state index in [2.05, 4.69) is 19.1 Å². The Morgan fingerprint density at radius 2 is 1.50 bits per heavy atom. The molecule has 0 heterocycles. The molecule has 0 spiro atoms. The van der Waals surface area contributed by atoms with Gasteiger partial charge < -0.3 is 4.79 Å². The second kappa shape index (κ2) is 12.0. The van der Waals surface area contributed by atoms with Crippen LogP contribution >= 0.6 is 0 Å². The number of hydrogen-bond acceptors (Lipinski definition) is 1. The van der Waals surface area contributed by atoms with E-state index in [4.69, 9.17) is 0 Å². The zero-order valence-electron chi connectivity index (χ0n) is 11.6. The Hall–Kier alpha value is -1.11. The van der Waals surface area contributed by atoms with Gasteiger partial charge in [0.1, 0.15) is 5.78 Å². The summed E-state index contributed by atoms with van der Waals surface area (Å²) < 4.78 is 0. The monoisotopic (exact) mass is 222 g/mol. The highest BCUT2D eigenvalue weighted by Gasteiger charge is 2.06. The summed E-state index contributed by atoms with van der Waals surface area (Å²) in [6.45, 7) is 11.7. The minimum absolute atomic E-state index is 0.256. The van der Waals surface area contributed by atoms with Crippen molar-refractivity contribution in [1.29, 1.82) is 0 Å². The quantitative estimate of drug-likeness (QED) is 0.716. The Bertz CT molecular complexity index is 251. The maximum absolute atomic E-state index is 10.8. The van der Waals surface area contributed by atoms with E-state index in [0.717, 1.165) is 0 Å². The normalized spacial score (nSPS) is 10.1. The summed E-state index contributed by atoms with van der Waals surface area (Å²) in [5, 5.41) is 0. The van der Waals surface area contributed by atoms with E-state index < -0.39 is 0 Å². The average molecular weight is 222 g/mol. The van der Waals surface area contributed by atoms with Crippen LogP contribution in [0.15, 0.2) is 30.3 Å². The summed E-state index contributed by atoms with van der Waals surface area (Å²) in [6, 6.07) is 10.1. The zero-order valence-corrected chi connectivity index (χ0v) is 11.6. The minimum Gasteiger partial charge on any atom is -0.300 e. The summed E-state index contributed by atoms with van der Waals surface area (Å²) in [6.07, 6.45) is 0.643. The fourth-order valence-corrected chi connectivity index (χ4v) is 1.33. The molecular weight excluding hydrogens is 196 g/mol. The van der Waals surface area contributed by atoms with E-state index in [1.165, 1.54) is 5.56 Å². The minimum atomic E-state index is 0.256. The van der Waals surface area contributed by atoms with Crippen molar-refractivity contribution in [3.63, 3.8) is 0 Å². The molecule has 0 saturated carbocycles. The lowest BCUT2D eigenvalue weighted by Gasteiger charge is -2.08. The number of carbonyl (C=O) groups excluding carboxylic acids is 1. The van der Waals surface area contributed by atoms with Crippen molar-refractivity contribution in [2.75, 3.05) is 0 Å². The number of Topliss-reactive ketones (excluding diaryl/α,β-unsaturated/α-hetero) is 1. The number of benzene rings is 1. The molecule has 0 aromatic heterocycles. The van der Waals surface area contributed by atoms with Gasteiger partial charge in [-0.05, 0) is 18.4 Å². The molecular formula is C15H26O. The fourth-order valence-electron chi connectivity index (χ4n) is 1.33. The van der Waals surface area contributed by atoms with Crippen molar-refractivity contribution in [2.45, 2.75) is 53.9 Å². The van der Waals surface area contributed by atoms with Crippen LogP contribution in [-0.2, 0) is 4.79 Å². The van der Waals surface area contributed by atoms with Crippen molar-refractivity contribution in [2.24, 2.45) is 0 Å². The van der Waals surface area contributed by atoms with Gasteiger partial charge in [0.15, 0.2) is 0 Å². The molecule has 1 nitrogen and oxygen atoms in total. The molecule has 0 bridgehead atoms. The summed E-state index contributed by atoms with van der Waals surface area (Å²) >= 11 is 0. The summed E-state index contributed by atoms with van der Waals surface area (Å²) in [5.41, 5.74) is 1.24. The third-order valence-electron chi connectivity index (χ3n) is 1.96. The Morgan fingerprint density at radius 3 is 1.88 bits per heavy atom. The van der Waals surface area contributed by atoms with Crippen molar-refractivity contribution >= 4 is 5.78 Å². The van der Waals surface area contributed by atoms with E-state index in [9.17, 15) is 4.79 Å².